The highest BCUT2D eigenvalue weighted by atomic mass is 79.9. The average Bonchev–Trinajstić information content (AvgIpc) is 2.83. The van der Waals surface area contributed by atoms with Gasteiger partial charge in [0.15, 0.2) is 0 Å². The van der Waals surface area contributed by atoms with Crippen LogP contribution in [0.3, 0.4) is 0 Å². The van der Waals surface area contributed by atoms with Gasteiger partial charge in [0, 0.05) is 11.6 Å². The van der Waals surface area contributed by atoms with Gasteiger partial charge in [-0.15, -0.1) is 11.3 Å². The van der Waals surface area contributed by atoms with Gasteiger partial charge in [0.05, 0.1) is 24.5 Å². The van der Waals surface area contributed by atoms with E-state index in [1.165, 1.54) is 4.68 Å². The van der Waals surface area contributed by atoms with E-state index in [9.17, 15) is 4.79 Å². The molecule has 0 saturated carbocycles. The lowest BCUT2D eigenvalue weighted by Gasteiger charge is -2.11. The number of nitrogens with zero attached hydrogens (tertiary/aromatic N) is 3. The number of rotatable bonds is 4. The number of hydrogen-bond donors (Lipinski definition) is 1. The van der Waals surface area contributed by atoms with E-state index < -0.39 is 0 Å². The van der Waals surface area contributed by atoms with Crippen LogP contribution in [-0.2, 0) is 6.54 Å². The Bertz CT molecular complexity index is 579. The summed E-state index contributed by atoms with van der Waals surface area (Å²) in [4.78, 5) is 16.2. The molecule has 2 aromatic heterocycles. The van der Waals surface area contributed by atoms with Crippen LogP contribution < -0.4 is 10.9 Å². The van der Waals surface area contributed by atoms with Crippen LogP contribution in [0, 0.1) is 0 Å². The Hall–Kier alpha value is -1.21. The Labute approximate surface area is 117 Å². The second-order valence-electron chi connectivity index (χ2n) is 4.00. The maximum Gasteiger partial charge on any atom is 0.283 e. The van der Waals surface area contributed by atoms with Crippen molar-refractivity contribution in [1.29, 1.82) is 0 Å². The molecule has 0 bridgehead atoms. The molecule has 0 radical (unpaired) electrons. The monoisotopic (exact) mass is 328 g/mol. The zero-order valence-corrected chi connectivity index (χ0v) is 12.5. The molecule has 2 rings (SSSR count). The van der Waals surface area contributed by atoms with Crippen LogP contribution in [0.1, 0.15) is 24.9 Å². The molecule has 7 heteroatoms. The molecule has 0 unspecified atom stereocenters. The van der Waals surface area contributed by atoms with Gasteiger partial charge >= 0.3 is 0 Å². The highest BCUT2D eigenvalue weighted by Gasteiger charge is 2.10. The molecule has 5 nitrogen and oxygen atoms in total. The SMILES string of the molecule is CC(C)n1ncc(NCc2nccs2)c(Br)c1=O. The summed E-state index contributed by atoms with van der Waals surface area (Å²) in [5.41, 5.74) is 0.557. The molecule has 0 saturated heterocycles. The Kier molecular flexibility index (Phi) is 4.13. The first kappa shape index (κ1) is 13.2. The average molecular weight is 329 g/mol. The smallest absolute Gasteiger partial charge is 0.283 e. The molecule has 0 amide bonds. The van der Waals surface area contributed by atoms with Gasteiger partial charge in [0.2, 0.25) is 0 Å². The molecule has 0 aliphatic carbocycles. The molecule has 96 valence electrons. The van der Waals surface area contributed by atoms with Crippen molar-refractivity contribution in [3.8, 4) is 0 Å². The zero-order chi connectivity index (χ0) is 13.1. The molecule has 18 heavy (non-hydrogen) atoms. The minimum atomic E-state index is -0.130. The maximum atomic E-state index is 12.0. The van der Waals surface area contributed by atoms with Gasteiger partial charge in [0.25, 0.3) is 5.56 Å². The normalized spacial score (nSPS) is 10.9. The number of halogens is 1. The molecule has 0 atom stereocenters. The minimum absolute atomic E-state index is 0.0433. The van der Waals surface area contributed by atoms with E-state index in [1.54, 1.807) is 23.7 Å². The molecular weight excluding hydrogens is 316 g/mol. The van der Waals surface area contributed by atoms with Crippen LogP contribution in [0.5, 0.6) is 0 Å². The van der Waals surface area contributed by atoms with Crippen molar-refractivity contribution in [1.82, 2.24) is 14.8 Å². The standard InChI is InChI=1S/C11H13BrN4OS/c1-7(2)16-11(17)10(12)8(5-15-16)14-6-9-13-3-4-18-9/h3-5,7,14H,6H2,1-2H3. The number of aromatic nitrogens is 3. The fourth-order valence-electron chi connectivity index (χ4n) is 1.45. The third kappa shape index (κ3) is 2.78. The second-order valence-corrected chi connectivity index (χ2v) is 5.77. The van der Waals surface area contributed by atoms with Crippen LogP contribution in [0.15, 0.2) is 27.0 Å². The third-order valence-corrected chi connectivity index (χ3v) is 3.89. The van der Waals surface area contributed by atoms with Crippen LogP contribution in [0.4, 0.5) is 5.69 Å². The zero-order valence-electron chi connectivity index (χ0n) is 10.1. The van der Waals surface area contributed by atoms with Crippen LogP contribution in [0.2, 0.25) is 0 Å². The van der Waals surface area contributed by atoms with E-state index in [-0.39, 0.29) is 11.6 Å². The number of anilines is 1. The van der Waals surface area contributed by atoms with Crippen LogP contribution in [0.25, 0.3) is 0 Å². The molecule has 1 N–H and O–H groups in total. The first-order chi connectivity index (χ1) is 8.59. The highest BCUT2D eigenvalue weighted by Crippen LogP contribution is 2.18. The predicted molar refractivity (Wildman–Crippen MR) is 76.0 cm³/mol. The van der Waals surface area contributed by atoms with Gasteiger partial charge in [-0.3, -0.25) is 4.79 Å². The van der Waals surface area contributed by atoms with Crippen molar-refractivity contribution in [2.75, 3.05) is 5.32 Å². The van der Waals surface area contributed by atoms with Gasteiger partial charge in [-0.2, -0.15) is 5.10 Å². The van der Waals surface area contributed by atoms with E-state index in [0.717, 1.165) is 5.01 Å². The van der Waals surface area contributed by atoms with Crippen LogP contribution >= 0.6 is 27.3 Å². The van der Waals surface area contributed by atoms with Crippen molar-refractivity contribution in [2.24, 2.45) is 0 Å². The quantitative estimate of drug-likeness (QED) is 0.937. The Morgan fingerprint density at radius 1 is 1.56 bits per heavy atom. The fourth-order valence-corrected chi connectivity index (χ4v) is 2.43. The van der Waals surface area contributed by atoms with E-state index in [0.29, 0.717) is 16.7 Å². The fraction of sp³-hybridized carbons (Fsp3) is 0.364. The molecular formula is C11H13BrN4OS. The summed E-state index contributed by atoms with van der Waals surface area (Å²) in [6, 6.07) is 0.0433. The van der Waals surface area contributed by atoms with E-state index in [1.807, 2.05) is 19.2 Å². The molecule has 0 spiro atoms. The van der Waals surface area contributed by atoms with E-state index in [2.05, 4.69) is 31.3 Å². The van der Waals surface area contributed by atoms with Crippen molar-refractivity contribution in [3.05, 3.63) is 37.6 Å². The predicted octanol–water partition coefficient (Wildman–Crippen LogP) is 2.66. The maximum absolute atomic E-state index is 12.0. The summed E-state index contributed by atoms with van der Waals surface area (Å²) in [6.07, 6.45) is 3.41. The lowest BCUT2D eigenvalue weighted by atomic mass is 10.4. The van der Waals surface area contributed by atoms with Gasteiger partial charge in [-0.05, 0) is 29.8 Å². The van der Waals surface area contributed by atoms with Gasteiger partial charge < -0.3 is 5.32 Å². The first-order valence-electron chi connectivity index (χ1n) is 5.49. The number of nitrogens with one attached hydrogen (secondary N) is 1. The Balaban J connectivity index is 2.20. The van der Waals surface area contributed by atoms with Crippen LogP contribution in [-0.4, -0.2) is 14.8 Å². The van der Waals surface area contributed by atoms with E-state index >= 15 is 0 Å². The van der Waals surface area contributed by atoms with Crippen molar-refractivity contribution in [3.63, 3.8) is 0 Å². The summed E-state index contributed by atoms with van der Waals surface area (Å²) in [7, 11) is 0. The summed E-state index contributed by atoms with van der Waals surface area (Å²) >= 11 is 4.88. The van der Waals surface area contributed by atoms with Gasteiger partial charge in [0.1, 0.15) is 9.48 Å². The minimum Gasteiger partial charge on any atom is -0.376 e. The lowest BCUT2D eigenvalue weighted by Crippen LogP contribution is -2.26. The molecule has 0 aromatic carbocycles. The summed E-state index contributed by atoms with van der Waals surface area (Å²) in [5.74, 6) is 0. The molecule has 2 aromatic rings. The Morgan fingerprint density at radius 2 is 2.33 bits per heavy atom. The molecule has 0 fully saturated rings. The molecule has 2 heterocycles. The second kappa shape index (κ2) is 5.62. The van der Waals surface area contributed by atoms with Crippen molar-refractivity contribution >= 4 is 33.0 Å². The van der Waals surface area contributed by atoms with Crippen molar-refractivity contribution in [2.45, 2.75) is 26.4 Å². The molecule has 0 aliphatic heterocycles. The topological polar surface area (TPSA) is 59.8 Å². The summed E-state index contributed by atoms with van der Waals surface area (Å²) < 4.78 is 1.95. The first-order valence-corrected chi connectivity index (χ1v) is 7.16. The lowest BCUT2D eigenvalue weighted by molar-refractivity contribution is 0.501. The number of thiazole rings is 1. The molecule has 0 aliphatic rings. The van der Waals surface area contributed by atoms with E-state index in [4.69, 9.17) is 0 Å². The number of hydrogen-bond acceptors (Lipinski definition) is 5. The Morgan fingerprint density at radius 3 is 2.94 bits per heavy atom. The highest BCUT2D eigenvalue weighted by molar-refractivity contribution is 9.10. The third-order valence-electron chi connectivity index (χ3n) is 2.35. The summed E-state index contributed by atoms with van der Waals surface area (Å²) in [6.45, 7) is 4.43. The largest absolute Gasteiger partial charge is 0.376 e. The summed E-state index contributed by atoms with van der Waals surface area (Å²) in [5, 5.41) is 10.2. The van der Waals surface area contributed by atoms with Gasteiger partial charge in [-0.1, -0.05) is 0 Å². The van der Waals surface area contributed by atoms with Gasteiger partial charge in [-0.25, -0.2) is 9.67 Å². The van der Waals surface area contributed by atoms with Crippen molar-refractivity contribution < 1.29 is 0 Å².